The van der Waals surface area contributed by atoms with Crippen LogP contribution in [0.5, 0.6) is 5.75 Å². The van der Waals surface area contributed by atoms with Crippen LogP contribution in [0.1, 0.15) is 5.82 Å². The van der Waals surface area contributed by atoms with Crippen LogP contribution in [0.3, 0.4) is 0 Å². The van der Waals surface area contributed by atoms with Crippen LogP contribution in [0.2, 0.25) is 0 Å². The Bertz CT molecular complexity index is 664. The molecule has 0 aliphatic heterocycles. The van der Waals surface area contributed by atoms with Crippen molar-refractivity contribution in [2.24, 2.45) is 0 Å². The van der Waals surface area contributed by atoms with Crippen LogP contribution in [0.4, 0.5) is 0 Å². The van der Waals surface area contributed by atoms with Crippen molar-refractivity contribution in [3.05, 3.63) is 65.2 Å². The third-order valence-electron chi connectivity index (χ3n) is 2.69. The number of ether oxygens (including phenoxy) is 1. The highest BCUT2D eigenvalue weighted by Gasteiger charge is 2.08. The number of pyridine rings is 1. The first-order valence-electron chi connectivity index (χ1n) is 5.64. The fourth-order valence-electron chi connectivity index (χ4n) is 1.83. The van der Waals surface area contributed by atoms with E-state index < -0.39 is 0 Å². The van der Waals surface area contributed by atoms with Crippen molar-refractivity contribution < 1.29 is 4.74 Å². The average Bonchev–Trinajstić information content (AvgIpc) is 2.75. The minimum Gasteiger partial charge on any atom is -0.486 e. The fraction of sp³-hybridized carbons (Fsp3) is 0.0714. The largest absolute Gasteiger partial charge is 0.486 e. The maximum absolute atomic E-state index is 5.71. The summed E-state index contributed by atoms with van der Waals surface area (Å²) in [6.07, 6.45) is 1.98. The summed E-state index contributed by atoms with van der Waals surface area (Å²) in [6.45, 7) is 0.445. The van der Waals surface area contributed by atoms with Gasteiger partial charge in [0.05, 0.1) is 5.52 Å². The molecule has 0 atom stereocenters. The van der Waals surface area contributed by atoms with E-state index in [9.17, 15) is 0 Å². The number of rotatable bonds is 3. The number of benzene rings is 1. The zero-order chi connectivity index (χ0) is 12.4. The van der Waals surface area contributed by atoms with E-state index in [1.165, 1.54) is 0 Å². The fourth-order valence-corrected chi connectivity index (χ4v) is 2.36. The van der Waals surface area contributed by atoms with Gasteiger partial charge in [-0.05, 0) is 40.2 Å². The first-order valence-corrected chi connectivity index (χ1v) is 6.43. The van der Waals surface area contributed by atoms with Gasteiger partial charge < -0.3 is 4.74 Å². The summed E-state index contributed by atoms with van der Waals surface area (Å²) in [5.74, 6) is 1.72. The highest BCUT2D eigenvalue weighted by Crippen LogP contribution is 2.19. The molecule has 0 spiro atoms. The van der Waals surface area contributed by atoms with Gasteiger partial charge in [0.15, 0.2) is 5.82 Å². The Morgan fingerprint density at radius 2 is 1.83 bits per heavy atom. The molecule has 0 fully saturated rings. The van der Waals surface area contributed by atoms with E-state index in [-0.39, 0.29) is 0 Å². The Kier molecular flexibility index (Phi) is 3.02. The van der Waals surface area contributed by atoms with E-state index >= 15 is 0 Å². The third-order valence-corrected chi connectivity index (χ3v) is 3.27. The SMILES string of the molecule is Brc1nc(COc2ccccc2)n2ccccc12. The molecule has 0 saturated heterocycles. The highest BCUT2D eigenvalue weighted by molar-refractivity contribution is 9.10. The number of fused-ring (bicyclic) bond motifs is 1. The second kappa shape index (κ2) is 4.82. The lowest BCUT2D eigenvalue weighted by molar-refractivity contribution is 0.295. The maximum Gasteiger partial charge on any atom is 0.152 e. The third kappa shape index (κ3) is 2.11. The molecular weight excluding hydrogens is 292 g/mol. The zero-order valence-corrected chi connectivity index (χ0v) is 11.2. The molecule has 0 saturated carbocycles. The number of hydrogen-bond acceptors (Lipinski definition) is 2. The smallest absolute Gasteiger partial charge is 0.152 e. The van der Waals surface area contributed by atoms with E-state index in [1.807, 2.05) is 59.1 Å². The summed E-state index contributed by atoms with van der Waals surface area (Å²) in [6, 6.07) is 15.7. The summed E-state index contributed by atoms with van der Waals surface area (Å²) in [5.41, 5.74) is 1.05. The van der Waals surface area contributed by atoms with E-state index in [0.29, 0.717) is 6.61 Å². The van der Waals surface area contributed by atoms with Gasteiger partial charge in [0.2, 0.25) is 0 Å². The predicted octanol–water partition coefficient (Wildman–Crippen LogP) is 3.68. The van der Waals surface area contributed by atoms with Crippen molar-refractivity contribution in [1.29, 1.82) is 0 Å². The van der Waals surface area contributed by atoms with E-state index in [0.717, 1.165) is 21.7 Å². The van der Waals surface area contributed by atoms with Crippen molar-refractivity contribution in [2.45, 2.75) is 6.61 Å². The summed E-state index contributed by atoms with van der Waals surface area (Å²) < 4.78 is 8.57. The second-order valence-corrected chi connectivity index (χ2v) is 4.63. The Hall–Kier alpha value is -1.81. The summed E-state index contributed by atoms with van der Waals surface area (Å²) >= 11 is 3.46. The van der Waals surface area contributed by atoms with Gasteiger partial charge in [0.25, 0.3) is 0 Å². The van der Waals surface area contributed by atoms with E-state index in [4.69, 9.17) is 4.74 Å². The van der Waals surface area contributed by atoms with Crippen LogP contribution in [0.25, 0.3) is 5.52 Å². The normalized spacial score (nSPS) is 10.7. The highest BCUT2D eigenvalue weighted by atomic mass is 79.9. The predicted molar refractivity (Wildman–Crippen MR) is 73.7 cm³/mol. The quantitative estimate of drug-likeness (QED) is 0.738. The molecule has 0 aliphatic carbocycles. The second-order valence-electron chi connectivity index (χ2n) is 3.88. The molecule has 4 heteroatoms. The Labute approximate surface area is 113 Å². The number of aromatic nitrogens is 2. The van der Waals surface area contributed by atoms with Crippen molar-refractivity contribution in [3.63, 3.8) is 0 Å². The molecule has 3 rings (SSSR count). The van der Waals surface area contributed by atoms with Gasteiger partial charge >= 0.3 is 0 Å². The molecule has 0 aliphatic rings. The van der Waals surface area contributed by atoms with Crippen LogP contribution in [0, 0.1) is 0 Å². The molecule has 18 heavy (non-hydrogen) atoms. The standard InChI is InChI=1S/C14H11BrN2O/c15-14-12-8-4-5-9-17(12)13(16-14)10-18-11-6-2-1-3-7-11/h1-9H,10H2. The maximum atomic E-state index is 5.71. The summed E-state index contributed by atoms with van der Waals surface area (Å²) in [7, 11) is 0. The van der Waals surface area contributed by atoms with Gasteiger partial charge in [0, 0.05) is 6.20 Å². The lowest BCUT2D eigenvalue weighted by atomic mass is 10.3. The number of halogens is 1. The molecule has 1 aromatic carbocycles. The minimum absolute atomic E-state index is 0.445. The Balaban J connectivity index is 1.87. The minimum atomic E-state index is 0.445. The van der Waals surface area contributed by atoms with Crippen LogP contribution in [-0.4, -0.2) is 9.38 Å². The topological polar surface area (TPSA) is 26.5 Å². The lowest BCUT2D eigenvalue weighted by Crippen LogP contribution is -2.00. The van der Waals surface area contributed by atoms with Gasteiger partial charge in [-0.3, -0.25) is 4.40 Å². The molecule has 2 aromatic heterocycles. The molecule has 2 heterocycles. The van der Waals surface area contributed by atoms with Gasteiger partial charge in [-0.25, -0.2) is 4.98 Å². The number of para-hydroxylation sites is 1. The molecule has 90 valence electrons. The van der Waals surface area contributed by atoms with Gasteiger partial charge in [-0.2, -0.15) is 0 Å². The van der Waals surface area contributed by atoms with Crippen LogP contribution in [0.15, 0.2) is 59.3 Å². The van der Waals surface area contributed by atoms with Crippen LogP contribution >= 0.6 is 15.9 Å². The van der Waals surface area contributed by atoms with E-state index in [1.54, 1.807) is 0 Å². The van der Waals surface area contributed by atoms with E-state index in [2.05, 4.69) is 20.9 Å². The first-order chi connectivity index (χ1) is 8.84. The molecule has 0 radical (unpaired) electrons. The molecule has 0 bridgehead atoms. The Morgan fingerprint density at radius 3 is 2.67 bits per heavy atom. The molecule has 0 unspecified atom stereocenters. The zero-order valence-electron chi connectivity index (χ0n) is 9.58. The molecule has 0 amide bonds. The molecule has 0 N–H and O–H groups in total. The molecule has 3 nitrogen and oxygen atoms in total. The summed E-state index contributed by atoms with van der Waals surface area (Å²) in [4.78, 5) is 4.46. The van der Waals surface area contributed by atoms with Gasteiger partial charge in [0.1, 0.15) is 17.0 Å². The van der Waals surface area contributed by atoms with Gasteiger partial charge in [-0.1, -0.05) is 24.3 Å². The van der Waals surface area contributed by atoms with Crippen molar-refractivity contribution in [3.8, 4) is 5.75 Å². The van der Waals surface area contributed by atoms with Crippen molar-refractivity contribution in [2.75, 3.05) is 0 Å². The van der Waals surface area contributed by atoms with Crippen LogP contribution in [-0.2, 0) is 6.61 Å². The van der Waals surface area contributed by atoms with Crippen molar-refractivity contribution in [1.82, 2.24) is 9.38 Å². The molecule has 3 aromatic rings. The first kappa shape index (κ1) is 11.3. The molecular formula is C14H11BrN2O. The van der Waals surface area contributed by atoms with Crippen molar-refractivity contribution >= 4 is 21.4 Å². The number of imidazole rings is 1. The Morgan fingerprint density at radius 1 is 1.06 bits per heavy atom. The summed E-state index contributed by atoms with van der Waals surface area (Å²) in [5, 5.41) is 0. The monoisotopic (exact) mass is 302 g/mol. The average molecular weight is 303 g/mol. The number of hydrogen-bond donors (Lipinski definition) is 0. The van der Waals surface area contributed by atoms with Gasteiger partial charge in [-0.15, -0.1) is 0 Å². The number of nitrogens with zero attached hydrogens (tertiary/aromatic N) is 2. The lowest BCUT2D eigenvalue weighted by Gasteiger charge is -2.04. The van der Waals surface area contributed by atoms with Crippen LogP contribution < -0.4 is 4.74 Å².